The number of hydrogen-bond acceptors (Lipinski definition) is 9. The second-order valence-corrected chi connectivity index (χ2v) is 7.31. The first kappa shape index (κ1) is 18.7. The molecule has 0 bridgehead atoms. The molecule has 2 aliphatic rings. The van der Waals surface area contributed by atoms with Gasteiger partial charge in [-0.05, 0) is 6.08 Å². The smallest absolute Gasteiger partial charge is 0.352 e. The van der Waals surface area contributed by atoms with Crippen LogP contribution in [0.5, 0.6) is 0 Å². The fourth-order valence-electron chi connectivity index (χ4n) is 2.48. The lowest BCUT2D eigenvalue weighted by molar-refractivity contribution is -0.150. The number of aromatic nitrogens is 1. The van der Waals surface area contributed by atoms with E-state index < -0.39 is 29.2 Å². The van der Waals surface area contributed by atoms with E-state index >= 15 is 0 Å². The predicted molar refractivity (Wildman–Crippen MR) is 98.6 cm³/mol. The Morgan fingerprint density at radius 1 is 1.59 bits per heavy atom. The number of carbonyl (C=O) groups is 3. The number of fused-ring (bicyclic) bond motifs is 1. The highest BCUT2D eigenvalue weighted by atomic mass is 32.2. The number of carbonyl (C=O) groups excluding carboxylic acids is 2. The molecule has 0 aromatic carbocycles. The van der Waals surface area contributed by atoms with Crippen LogP contribution in [0.15, 0.2) is 22.3 Å². The number of anilines is 1. The Kier molecular flexibility index (Phi) is 5.33. The molecule has 3 heterocycles. The number of rotatable bonds is 6. The molecule has 0 radical (unpaired) electrons. The molecule has 12 heteroatoms. The van der Waals surface area contributed by atoms with E-state index in [1.807, 2.05) is 0 Å². The molecule has 10 nitrogen and oxygen atoms in total. The topological polar surface area (TPSA) is 147 Å². The maximum atomic E-state index is 12.6. The first-order valence-electron chi connectivity index (χ1n) is 7.47. The average Bonchev–Trinajstić information content (AvgIpc) is 3.08. The highest BCUT2D eigenvalue weighted by Crippen LogP contribution is 2.37. The Hall–Kier alpha value is -3.04. The van der Waals surface area contributed by atoms with E-state index in [-0.39, 0.29) is 28.8 Å². The monoisotopic (exact) mass is 407 g/mol. The highest BCUT2D eigenvalue weighted by molar-refractivity contribution is 8.00. The van der Waals surface area contributed by atoms with Gasteiger partial charge >= 0.3 is 5.97 Å². The van der Waals surface area contributed by atoms with Crippen LogP contribution in [-0.2, 0) is 19.2 Å². The van der Waals surface area contributed by atoms with Gasteiger partial charge in [0, 0.05) is 11.1 Å². The number of nitrogens with two attached hydrogens (primary N) is 1. The standard InChI is InChI=1S/C15H13N5O5S2/c1-2-4-25-19-9(7-6-27-15(16)17-7)11(21)18-10-12(22)20-8(14(23)24)3-5-26-13(10)20/h1,3,6,10,13H,4-5H2,(H2,16,17)(H,18,21)(H,23,24)/t10?,13-/m1/s1. The molecule has 1 unspecified atom stereocenters. The number of nitrogens with zero attached hydrogens (tertiary/aromatic N) is 3. The number of nitrogen functional groups attached to an aromatic ring is 1. The van der Waals surface area contributed by atoms with Gasteiger partial charge in [0.2, 0.25) is 0 Å². The van der Waals surface area contributed by atoms with Gasteiger partial charge < -0.3 is 21.0 Å². The average molecular weight is 407 g/mol. The van der Waals surface area contributed by atoms with E-state index in [4.69, 9.17) is 17.0 Å². The summed E-state index contributed by atoms with van der Waals surface area (Å²) in [6, 6.07) is -0.889. The van der Waals surface area contributed by atoms with Crippen molar-refractivity contribution in [2.24, 2.45) is 5.16 Å². The van der Waals surface area contributed by atoms with Crippen LogP contribution in [0.3, 0.4) is 0 Å². The van der Waals surface area contributed by atoms with Crippen molar-refractivity contribution in [3.05, 3.63) is 22.8 Å². The number of carboxylic acids is 1. The van der Waals surface area contributed by atoms with E-state index in [0.717, 1.165) is 16.2 Å². The van der Waals surface area contributed by atoms with Crippen molar-refractivity contribution < 1.29 is 24.3 Å². The summed E-state index contributed by atoms with van der Waals surface area (Å²) in [5.74, 6) is 0.209. The lowest BCUT2D eigenvalue weighted by Gasteiger charge is -2.48. The minimum absolute atomic E-state index is 0.0900. The third-order valence-corrected chi connectivity index (χ3v) is 5.49. The van der Waals surface area contributed by atoms with Gasteiger partial charge in [0.05, 0.1) is 0 Å². The number of carboxylic acid groups (broad SMARTS) is 1. The van der Waals surface area contributed by atoms with Crippen LogP contribution < -0.4 is 11.1 Å². The summed E-state index contributed by atoms with van der Waals surface area (Å²) in [5, 5.41) is 16.7. The predicted octanol–water partition coefficient (Wildman–Crippen LogP) is -0.552. The fraction of sp³-hybridized carbons (Fsp3) is 0.267. The lowest BCUT2D eigenvalue weighted by Crippen LogP contribution is -2.70. The maximum Gasteiger partial charge on any atom is 0.352 e. The first-order chi connectivity index (χ1) is 12.9. The number of amides is 2. The molecule has 2 amide bonds. The van der Waals surface area contributed by atoms with Crippen molar-refractivity contribution in [2.45, 2.75) is 11.4 Å². The molecule has 0 spiro atoms. The molecule has 0 aliphatic carbocycles. The molecule has 27 heavy (non-hydrogen) atoms. The molecule has 1 aromatic rings. The maximum absolute atomic E-state index is 12.6. The number of thiazole rings is 1. The van der Waals surface area contributed by atoms with Crippen LogP contribution in [-0.4, -0.2) is 62.3 Å². The van der Waals surface area contributed by atoms with Crippen LogP contribution in [0.2, 0.25) is 0 Å². The van der Waals surface area contributed by atoms with Gasteiger partial charge in [0.25, 0.3) is 11.8 Å². The number of aliphatic carboxylic acids is 1. The van der Waals surface area contributed by atoms with Crippen LogP contribution in [0.1, 0.15) is 5.69 Å². The summed E-state index contributed by atoms with van der Waals surface area (Å²) in [7, 11) is 0. The van der Waals surface area contributed by atoms with Gasteiger partial charge in [-0.1, -0.05) is 11.1 Å². The van der Waals surface area contributed by atoms with E-state index in [9.17, 15) is 19.5 Å². The molecule has 2 atom stereocenters. The highest BCUT2D eigenvalue weighted by Gasteiger charge is 2.53. The molecule has 4 N–H and O–H groups in total. The molecule has 140 valence electrons. The van der Waals surface area contributed by atoms with Gasteiger partial charge in [0.1, 0.15) is 22.8 Å². The molecule has 1 fully saturated rings. The molecule has 1 saturated heterocycles. The Labute approximate surface area is 161 Å². The summed E-state index contributed by atoms with van der Waals surface area (Å²) in [6.07, 6.45) is 6.55. The SMILES string of the molecule is C#CCON=C(C(=O)NC1C(=O)N2C(C(=O)O)=CCS[C@H]12)c1csc(N)n1. The molecular weight excluding hydrogens is 394 g/mol. The number of nitrogens with one attached hydrogen (secondary N) is 1. The summed E-state index contributed by atoms with van der Waals surface area (Å²) in [5.41, 5.74) is 5.49. The van der Waals surface area contributed by atoms with Crippen LogP contribution in [0.25, 0.3) is 0 Å². The Morgan fingerprint density at radius 3 is 3.00 bits per heavy atom. The van der Waals surface area contributed by atoms with Crippen molar-refractivity contribution in [3.63, 3.8) is 0 Å². The first-order valence-corrected chi connectivity index (χ1v) is 9.40. The second-order valence-electron chi connectivity index (χ2n) is 5.27. The van der Waals surface area contributed by atoms with Crippen LogP contribution in [0, 0.1) is 12.3 Å². The van der Waals surface area contributed by atoms with Crippen LogP contribution in [0.4, 0.5) is 5.13 Å². The van der Waals surface area contributed by atoms with Crippen molar-refractivity contribution in [1.82, 2.24) is 15.2 Å². The Bertz CT molecular complexity index is 903. The summed E-state index contributed by atoms with van der Waals surface area (Å²) >= 11 is 2.45. The molecular formula is C15H13N5O5S2. The normalized spacial score (nSPS) is 21.4. The third-order valence-electron chi connectivity index (χ3n) is 3.64. The van der Waals surface area contributed by atoms with Crippen molar-refractivity contribution in [1.29, 1.82) is 0 Å². The van der Waals surface area contributed by atoms with Crippen LogP contribution >= 0.6 is 23.1 Å². The largest absolute Gasteiger partial charge is 0.477 e. The van der Waals surface area contributed by atoms with Gasteiger partial charge in [-0.2, -0.15) is 0 Å². The van der Waals surface area contributed by atoms with Gasteiger partial charge in [-0.15, -0.1) is 29.5 Å². The fourth-order valence-corrected chi connectivity index (χ4v) is 4.23. The number of β-lactam (4-membered cyclic amide) rings is 1. The van der Waals surface area contributed by atoms with Crippen molar-refractivity contribution in [2.75, 3.05) is 18.1 Å². The van der Waals surface area contributed by atoms with Gasteiger partial charge in [0.15, 0.2) is 17.5 Å². The van der Waals surface area contributed by atoms with E-state index in [1.165, 1.54) is 23.2 Å². The van der Waals surface area contributed by atoms with Gasteiger partial charge in [-0.25, -0.2) is 9.78 Å². The number of terminal acetylenes is 1. The Morgan fingerprint density at radius 2 is 2.37 bits per heavy atom. The zero-order chi connectivity index (χ0) is 19.6. The number of oxime groups is 1. The van der Waals surface area contributed by atoms with Crippen molar-refractivity contribution in [3.8, 4) is 12.3 Å². The summed E-state index contributed by atoms with van der Waals surface area (Å²) < 4.78 is 0. The van der Waals surface area contributed by atoms with Crippen molar-refractivity contribution >= 4 is 51.7 Å². The van der Waals surface area contributed by atoms with E-state index in [0.29, 0.717) is 5.75 Å². The number of thioether (sulfide) groups is 1. The van der Waals surface area contributed by atoms with Gasteiger partial charge in [-0.3, -0.25) is 14.5 Å². The minimum Gasteiger partial charge on any atom is -0.477 e. The number of hydrogen-bond donors (Lipinski definition) is 3. The Balaban J connectivity index is 1.76. The minimum atomic E-state index is -1.19. The second kappa shape index (κ2) is 7.68. The quantitative estimate of drug-likeness (QED) is 0.187. The zero-order valence-corrected chi connectivity index (χ0v) is 15.2. The third kappa shape index (κ3) is 3.60. The van der Waals surface area contributed by atoms with E-state index in [2.05, 4.69) is 21.4 Å². The summed E-state index contributed by atoms with van der Waals surface area (Å²) in [4.78, 5) is 46.2. The molecule has 2 aliphatic heterocycles. The molecule has 0 saturated carbocycles. The zero-order valence-electron chi connectivity index (χ0n) is 13.6. The van der Waals surface area contributed by atoms with E-state index in [1.54, 1.807) is 0 Å². The summed E-state index contributed by atoms with van der Waals surface area (Å²) in [6.45, 7) is -0.155. The molecule has 3 rings (SSSR count). The lowest BCUT2D eigenvalue weighted by atomic mass is 10.0. The molecule has 1 aromatic heterocycles.